The van der Waals surface area contributed by atoms with Crippen LogP contribution in [0.4, 0.5) is 5.69 Å². The molecular formula is C23H25NO5S. The van der Waals surface area contributed by atoms with Gasteiger partial charge in [0.25, 0.3) is 5.91 Å². The van der Waals surface area contributed by atoms with Crippen molar-refractivity contribution in [1.82, 2.24) is 0 Å². The summed E-state index contributed by atoms with van der Waals surface area (Å²) in [6.45, 7) is 2.73. The first-order chi connectivity index (χ1) is 14.5. The number of amides is 1. The maximum atomic E-state index is 13.0. The number of carbonyl (C=O) groups is 2. The number of rotatable bonds is 6. The molecule has 1 aliphatic rings. The number of ether oxygens (including phenoxy) is 3. The smallest absolute Gasteiger partial charge is 0.330 e. The second-order valence-electron chi connectivity index (χ2n) is 6.79. The Morgan fingerprint density at radius 1 is 1.17 bits per heavy atom. The molecule has 0 bridgehead atoms. The zero-order valence-electron chi connectivity index (χ0n) is 17.3. The molecule has 1 unspecified atom stereocenters. The second-order valence-corrected chi connectivity index (χ2v) is 8.27. The monoisotopic (exact) mass is 427 g/mol. The average molecular weight is 428 g/mol. The minimum Gasteiger partial charge on any atom is -0.493 e. The third-order valence-electron chi connectivity index (χ3n) is 4.70. The fourth-order valence-corrected chi connectivity index (χ4v) is 4.22. The SMILES string of the molecule is COC(=O)/C=C/c1ccc(OCC(=O)N2CCC(C)Sc3ccccc32)c(OC)c1. The Kier molecular flexibility index (Phi) is 7.41. The van der Waals surface area contributed by atoms with Crippen LogP contribution in [0.2, 0.25) is 0 Å². The van der Waals surface area contributed by atoms with Crippen LogP contribution in [0.25, 0.3) is 6.08 Å². The van der Waals surface area contributed by atoms with Crippen LogP contribution in [0.3, 0.4) is 0 Å². The van der Waals surface area contributed by atoms with E-state index in [2.05, 4.69) is 11.7 Å². The normalized spacial score (nSPS) is 16.0. The Bertz CT molecular complexity index is 943. The van der Waals surface area contributed by atoms with E-state index in [4.69, 9.17) is 9.47 Å². The van der Waals surface area contributed by atoms with Gasteiger partial charge in [-0.25, -0.2) is 4.79 Å². The van der Waals surface area contributed by atoms with E-state index in [-0.39, 0.29) is 12.5 Å². The minimum absolute atomic E-state index is 0.0961. The van der Waals surface area contributed by atoms with Crippen LogP contribution >= 0.6 is 11.8 Å². The number of hydrogen-bond acceptors (Lipinski definition) is 6. The molecule has 0 radical (unpaired) electrons. The molecule has 2 aromatic rings. The standard InChI is InChI=1S/C23H25NO5S/c1-16-12-13-24(18-6-4-5-7-21(18)30-16)22(25)15-29-19-10-8-17(14-20(19)27-2)9-11-23(26)28-3/h4-11,14,16H,12-13,15H2,1-3H3/b11-9+. The molecule has 0 aromatic heterocycles. The lowest BCUT2D eigenvalue weighted by Crippen LogP contribution is -2.36. The van der Waals surface area contributed by atoms with Gasteiger partial charge in [0.15, 0.2) is 18.1 Å². The van der Waals surface area contributed by atoms with Gasteiger partial charge in [-0.05, 0) is 42.3 Å². The van der Waals surface area contributed by atoms with Crippen molar-refractivity contribution < 1.29 is 23.8 Å². The van der Waals surface area contributed by atoms with Crippen LogP contribution in [-0.2, 0) is 14.3 Å². The Hall–Kier alpha value is -2.93. The summed E-state index contributed by atoms with van der Waals surface area (Å²) >= 11 is 1.79. The van der Waals surface area contributed by atoms with E-state index >= 15 is 0 Å². The van der Waals surface area contributed by atoms with Gasteiger partial charge in [-0.1, -0.05) is 25.1 Å². The number of para-hydroxylation sites is 1. The van der Waals surface area contributed by atoms with Crippen molar-refractivity contribution in [3.8, 4) is 11.5 Å². The molecule has 7 heteroatoms. The van der Waals surface area contributed by atoms with E-state index in [0.29, 0.717) is 23.3 Å². The summed E-state index contributed by atoms with van der Waals surface area (Å²) in [4.78, 5) is 27.1. The number of benzene rings is 2. The Labute approximate surface area is 180 Å². The summed E-state index contributed by atoms with van der Waals surface area (Å²) in [5.41, 5.74) is 1.68. The summed E-state index contributed by atoms with van der Waals surface area (Å²) in [6, 6.07) is 13.2. The molecule has 0 N–H and O–H groups in total. The van der Waals surface area contributed by atoms with E-state index in [1.54, 1.807) is 40.9 Å². The highest BCUT2D eigenvalue weighted by atomic mass is 32.2. The molecular weight excluding hydrogens is 402 g/mol. The van der Waals surface area contributed by atoms with E-state index in [0.717, 1.165) is 22.6 Å². The lowest BCUT2D eigenvalue weighted by atomic mass is 10.2. The lowest BCUT2D eigenvalue weighted by molar-refractivity contribution is -0.134. The van der Waals surface area contributed by atoms with Crippen molar-refractivity contribution >= 4 is 35.4 Å². The molecule has 3 rings (SSSR count). The molecule has 0 saturated heterocycles. The first kappa shape index (κ1) is 21.8. The molecule has 158 valence electrons. The average Bonchev–Trinajstić information content (AvgIpc) is 2.94. The summed E-state index contributed by atoms with van der Waals surface area (Å²) in [6.07, 6.45) is 3.86. The minimum atomic E-state index is -0.440. The summed E-state index contributed by atoms with van der Waals surface area (Å²) in [5.74, 6) is 0.404. The van der Waals surface area contributed by atoms with Crippen molar-refractivity contribution in [2.45, 2.75) is 23.5 Å². The maximum absolute atomic E-state index is 13.0. The largest absolute Gasteiger partial charge is 0.493 e. The van der Waals surface area contributed by atoms with Crippen molar-refractivity contribution in [2.75, 3.05) is 32.3 Å². The van der Waals surface area contributed by atoms with Gasteiger partial charge in [0.1, 0.15) is 0 Å². The topological polar surface area (TPSA) is 65.1 Å². The summed E-state index contributed by atoms with van der Waals surface area (Å²) in [7, 11) is 2.85. The summed E-state index contributed by atoms with van der Waals surface area (Å²) < 4.78 is 15.8. The van der Waals surface area contributed by atoms with Crippen molar-refractivity contribution in [1.29, 1.82) is 0 Å². The van der Waals surface area contributed by atoms with E-state index < -0.39 is 5.97 Å². The van der Waals surface area contributed by atoms with Gasteiger partial charge in [0, 0.05) is 22.8 Å². The van der Waals surface area contributed by atoms with Gasteiger partial charge in [-0.3, -0.25) is 4.79 Å². The van der Waals surface area contributed by atoms with Gasteiger partial charge in [-0.15, -0.1) is 11.8 Å². The van der Waals surface area contributed by atoms with Gasteiger partial charge >= 0.3 is 5.97 Å². The molecule has 6 nitrogen and oxygen atoms in total. The predicted octanol–water partition coefficient (Wildman–Crippen LogP) is 4.18. The van der Waals surface area contributed by atoms with Crippen molar-refractivity contribution in [2.24, 2.45) is 0 Å². The number of carbonyl (C=O) groups excluding carboxylic acids is 2. The zero-order chi connectivity index (χ0) is 21.5. The van der Waals surface area contributed by atoms with E-state index in [9.17, 15) is 9.59 Å². The summed E-state index contributed by atoms with van der Waals surface area (Å²) in [5, 5.41) is 0.440. The molecule has 0 aliphatic carbocycles. The van der Waals surface area contributed by atoms with Crippen molar-refractivity contribution in [3.05, 3.63) is 54.1 Å². The number of hydrogen-bond donors (Lipinski definition) is 0. The van der Waals surface area contributed by atoms with E-state index in [1.165, 1.54) is 20.3 Å². The fraction of sp³-hybridized carbons (Fsp3) is 0.304. The van der Waals surface area contributed by atoms with Gasteiger partial charge in [-0.2, -0.15) is 0 Å². The first-order valence-electron chi connectivity index (χ1n) is 9.64. The fourth-order valence-electron chi connectivity index (χ4n) is 3.10. The molecule has 30 heavy (non-hydrogen) atoms. The van der Waals surface area contributed by atoms with Gasteiger partial charge in [0.05, 0.1) is 19.9 Å². The van der Waals surface area contributed by atoms with Crippen LogP contribution in [0.15, 0.2) is 53.4 Å². The third-order valence-corrected chi connectivity index (χ3v) is 5.93. The third kappa shape index (κ3) is 5.36. The molecule has 1 aliphatic heterocycles. The number of nitrogens with zero attached hydrogens (tertiary/aromatic N) is 1. The number of anilines is 1. The quantitative estimate of drug-likeness (QED) is 0.509. The highest BCUT2D eigenvalue weighted by Crippen LogP contribution is 2.37. The molecule has 0 spiro atoms. The first-order valence-corrected chi connectivity index (χ1v) is 10.5. The molecule has 0 saturated carbocycles. The molecule has 1 amide bonds. The Balaban J connectivity index is 1.71. The highest BCUT2D eigenvalue weighted by molar-refractivity contribution is 8.00. The van der Waals surface area contributed by atoms with Crippen LogP contribution in [0, 0.1) is 0 Å². The number of fused-ring (bicyclic) bond motifs is 1. The van der Waals surface area contributed by atoms with E-state index in [1.807, 2.05) is 24.3 Å². The number of methoxy groups -OCH3 is 2. The van der Waals surface area contributed by atoms with Gasteiger partial charge in [0.2, 0.25) is 0 Å². The van der Waals surface area contributed by atoms with Crippen LogP contribution in [0.5, 0.6) is 11.5 Å². The zero-order valence-corrected chi connectivity index (χ0v) is 18.1. The highest BCUT2D eigenvalue weighted by Gasteiger charge is 2.24. The maximum Gasteiger partial charge on any atom is 0.330 e. The van der Waals surface area contributed by atoms with Crippen LogP contribution in [-0.4, -0.2) is 44.5 Å². The number of thioether (sulfide) groups is 1. The Morgan fingerprint density at radius 3 is 2.73 bits per heavy atom. The number of esters is 1. The second kappa shape index (κ2) is 10.2. The lowest BCUT2D eigenvalue weighted by Gasteiger charge is -2.23. The molecule has 1 heterocycles. The molecule has 1 atom stereocenters. The predicted molar refractivity (Wildman–Crippen MR) is 118 cm³/mol. The van der Waals surface area contributed by atoms with Crippen LogP contribution < -0.4 is 14.4 Å². The van der Waals surface area contributed by atoms with Crippen molar-refractivity contribution in [3.63, 3.8) is 0 Å². The molecule has 2 aromatic carbocycles. The molecule has 0 fully saturated rings. The van der Waals surface area contributed by atoms with Crippen LogP contribution in [0.1, 0.15) is 18.9 Å². The van der Waals surface area contributed by atoms with Gasteiger partial charge < -0.3 is 19.1 Å². The Morgan fingerprint density at radius 2 is 1.97 bits per heavy atom.